The average Bonchev–Trinajstić information content (AvgIpc) is 2.97. The van der Waals surface area contributed by atoms with Gasteiger partial charge in [0.2, 0.25) is 5.91 Å². The summed E-state index contributed by atoms with van der Waals surface area (Å²) in [4.78, 5) is 35.4. The van der Waals surface area contributed by atoms with Crippen molar-refractivity contribution in [1.29, 1.82) is 0 Å². The Morgan fingerprint density at radius 3 is 2.41 bits per heavy atom. The summed E-state index contributed by atoms with van der Waals surface area (Å²) in [6, 6.07) is 12.1. The van der Waals surface area contributed by atoms with Gasteiger partial charge in [0, 0.05) is 24.6 Å². The summed E-state index contributed by atoms with van der Waals surface area (Å²) < 4.78 is 18.8. The number of Topliss-reactive ketones (excluding diaryl/α,β-unsaturated/α-hetero) is 1. The molecule has 3 rings (SSSR count). The molecule has 0 unspecified atom stereocenters. The van der Waals surface area contributed by atoms with Crippen molar-refractivity contribution in [2.45, 2.75) is 19.9 Å². The van der Waals surface area contributed by atoms with E-state index in [1.54, 1.807) is 36.4 Å². The molecular weight excluding hydrogens is 353 g/mol. The van der Waals surface area contributed by atoms with Crippen LogP contribution in [0.25, 0.3) is 0 Å². The minimum absolute atomic E-state index is 0.212. The molecule has 7 nitrogen and oxygen atoms in total. The first-order valence-corrected chi connectivity index (χ1v) is 8.13. The highest BCUT2D eigenvalue weighted by molar-refractivity contribution is 5.96. The van der Waals surface area contributed by atoms with Crippen molar-refractivity contribution < 1.29 is 18.5 Å². The van der Waals surface area contributed by atoms with Crippen molar-refractivity contribution in [3.05, 3.63) is 81.9 Å². The lowest BCUT2D eigenvalue weighted by Crippen LogP contribution is -2.22. The first-order chi connectivity index (χ1) is 12.9. The van der Waals surface area contributed by atoms with Crippen LogP contribution in [0, 0.1) is 5.82 Å². The zero-order valence-electron chi connectivity index (χ0n) is 14.4. The third-order valence-corrected chi connectivity index (χ3v) is 3.87. The number of hydrogen-bond donors (Lipinski definition) is 1. The number of rotatable bonds is 6. The molecule has 0 saturated carbocycles. The SMILES string of the molecule is CC(=O)Nc1ccc(C(=O)Cn2c(Cc3ccc(F)cc3)noc2=O)cc1. The fourth-order valence-corrected chi connectivity index (χ4v) is 2.54. The zero-order valence-corrected chi connectivity index (χ0v) is 14.4. The monoisotopic (exact) mass is 369 g/mol. The lowest BCUT2D eigenvalue weighted by molar-refractivity contribution is -0.114. The van der Waals surface area contributed by atoms with E-state index in [2.05, 4.69) is 15.0 Å². The molecule has 0 saturated heterocycles. The van der Waals surface area contributed by atoms with Gasteiger partial charge in [0.1, 0.15) is 5.82 Å². The number of aromatic nitrogens is 2. The molecule has 0 radical (unpaired) electrons. The Hall–Kier alpha value is -3.55. The Kier molecular flexibility index (Phi) is 5.25. The number of carbonyl (C=O) groups is 2. The Morgan fingerprint density at radius 1 is 1.11 bits per heavy atom. The van der Waals surface area contributed by atoms with Gasteiger partial charge in [-0.05, 0) is 42.0 Å². The number of halogens is 1. The van der Waals surface area contributed by atoms with E-state index in [1.807, 2.05) is 0 Å². The number of anilines is 1. The lowest BCUT2D eigenvalue weighted by atomic mass is 10.1. The predicted octanol–water partition coefficient (Wildman–Crippen LogP) is 2.41. The Morgan fingerprint density at radius 2 is 1.78 bits per heavy atom. The highest BCUT2D eigenvalue weighted by Crippen LogP contribution is 2.12. The Balaban J connectivity index is 1.76. The van der Waals surface area contributed by atoms with Crippen LogP contribution in [0.15, 0.2) is 57.8 Å². The number of hydrogen-bond acceptors (Lipinski definition) is 5. The molecule has 3 aromatic rings. The maximum atomic E-state index is 13.0. The van der Waals surface area contributed by atoms with Crippen molar-refractivity contribution in [3.63, 3.8) is 0 Å². The van der Waals surface area contributed by atoms with E-state index in [4.69, 9.17) is 0 Å². The van der Waals surface area contributed by atoms with Crippen LogP contribution in [0.2, 0.25) is 0 Å². The molecule has 0 aliphatic heterocycles. The van der Waals surface area contributed by atoms with Crippen molar-refractivity contribution in [2.75, 3.05) is 5.32 Å². The van der Waals surface area contributed by atoms with E-state index < -0.39 is 5.76 Å². The molecular formula is C19H16FN3O4. The second-order valence-corrected chi connectivity index (χ2v) is 5.94. The van der Waals surface area contributed by atoms with E-state index in [0.29, 0.717) is 11.3 Å². The predicted molar refractivity (Wildman–Crippen MR) is 95.0 cm³/mol. The Labute approximate surface area is 153 Å². The molecule has 1 N–H and O–H groups in total. The molecule has 0 atom stereocenters. The minimum Gasteiger partial charge on any atom is -0.326 e. The van der Waals surface area contributed by atoms with Gasteiger partial charge in [0.05, 0.1) is 6.54 Å². The maximum absolute atomic E-state index is 13.0. The number of amides is 1. The van der Waals surface area contributed by atoms with Crippen LogP contribution < -0.4 is 11.1 Å². The largest absolute Gasteiger partial charge is 0.442 e. The number of benzene rings is 2. The van der Waals surface area contributed by atoms with E-state index in [0.717, 1.165) is 10.1 Å². The molecule has 1 aromatic heterocycles. The fraction of sp³-hybridized carbons (Fsp3) is 0.158. The van der Waals surface area contributed by atoms with Crippen LogP contribution in [0.3, 0.4) is 0 Å². The van der Waals surface area contributed by atoms with Crippen LogP contribution in [0.4, 0.5) is 10.1 Å². The van der Waals surface area contributed by atoms with E-state index >= 15 is 0 Å². The molecule has 1 amide bonds. The number of nitrogens with zero attached hydrogens (tertiary/aromatic N) is 2. The molecule has 2 aromatic carbocycles. The van der Waals surface area contributed by atoms with Gasteiger partial charge in [-0.1, -0.05) is 17.3 Å². The Bertz CT molecular complexity index is 1020. The van der Waals surface area contributed by atoms with Crippen molar-refractivity contribution in [2.24, 2.45) is 0 Å². The lowest BCUT2D eigenvalue weighted by Gasteiger charge is -2.06. The van der Waals surface area contributed by atoms with Crippen LogP contribution in [0.1, 0.15) is 28.7 Å². The van der Waals surface area contributed by atoms with Crippen LogP contribution in [0.5, 0.6) is 0 Å². The normalized spacial score (nSPS) is 10.6. The average molecular weight is 369 g/mol. The van der Waals surface area contributed by atoms with E-state index in [9.17, 15) is 18.8 Å². The summed E-state index contributed by atoms with van der Waals surface area (Å²) in [7, 11) is 0. The van der Waals surface area contributed by atoms with Gasteiger partial charge in [-0.25, -0.2) is 9.18 Å². The molecule has 0 fully saturated rings. The van der Waals surface area contributed by atoms with Crippen molar-refractivity contribution >= 4 is 17.4 Å². The first-order valence-electron chi connectivity index (χ1n) is 8.13. The molecule has 138 valence electrons. The van der Waals surface area contributed by atoms with Crippen molar-refractivity contribution in [3.8, 4) is 0 Å². The summed E-state index contributed by atoms with van der Waals surface area (Å²) >= 11 is 0. The second kappa shape index (κ2) is 7.77. The van der Waals surface area contributed by atoms with Gasteiger partial charge < -0.3 is 5.32 Å². The summed E-state index contributed by atoms with van der Waals surface area (Å²) in [5.74, 6) is -1.36. The van der Waals surface area contributed by atoms with Crippen LogP contribution in [-0.4, -0.2) is 21.4 Å². The van der Waals surface area contributed by atoms with Crippen LogP contribution >= 0.6 is 0 Å². The minimum atomic E-state index is -0.740. The quantitative estimate of drug-likeness (QED) is 0.674. The van der Waals surface area contributed by atoms with Gasteiger partial charge in [0.25, 0.3) is 0 Å². The van der Waals surface area contributed by atoms with Gasteiger partial charge in [-0.3, -0.25) is 18.7 Å². The molecule has 0 aliphatic carbocycles. The van der Waals surface area contributed by atoms with Gasteiger partial charge in [0.15, 0.2) is 11.6 Å². The zero-order chi connectivity index (χ0) is 19.4. The third-order valence-electron chi connectivity index (χ3n) is 3.87. The summed E-state index contributed by atoms with van der Waals surface area (Å²) in [6.45, 7) is 1.15. The van der Waals surface area contributed by atoms with E-state index in [-0.39, 0.29) is 36.3 Å². The third kappa shape index (κ3) is 4.55. The topological polar surface area (TPSA) is 94.2 Å². The molecule has 0 bridgehead atoms. The number of ketones is 1. The van der Waals surface area contributed by atoms with Gasteiger partial charge in [-0.15, -0.1) is 0 Å². The van der Waals surface area contributed by atoms with Gasteiger partial charge >= 0.3 is 5.76 Å². The highest BCUT2D eigenvalue weighted by atomic mass is 19.1. The fourth-order valence-electron chi connectivity index (χ4n) is 2.54. The first kappa shape index (κ1) is 18.2. The molecule has 1 heterocycles. The summed E-state index contributed by atoms with van der Waals surface area (Å²) in [5.41, 5.74) is 1.67. The van der Waals surface area contributed by atoms with Crippen LogP contribution in [-0.2, 0) is 17.8 Å². The van der Waals surface area contributed by atoms with Gasteiger partial charge in [-0.2, -0.15) is 0 Å². The molecule has 27 heavy (non-hydrogen) atoms. The summed E-state index contributed by atoms with van der Waals surface area (Å²) in [6.07, 6.45) is 0.223. The second-order valence-electron chi connectivity index (χ2n) is 5.94. The maximum Gasteiger partial charge on any atom is 0.442 e. The number of nitrogens with one attached hydrogen (secondary N) is 1. The molecule has 0 aliphatic rings. The van der Waals surface area contributed by atoms with Crippen molar-refractivity contribution in [1.82, 2.24) is 9.72 Å². The highest BCUT2D eigenvalue weighted by Gasteiger charge is 2.16. The van der Waals surface area contributed by atoms with E-state index in [1.165, 1.54) is 19.1 Å². The smallest absolute Gasteiger partial charge is 0.326 e. The summed E-state index contributed by atoms with van der Waals surface area (Å²) in [5, 5.41) is 6.32. The molecule has 8 heteroatoms. The standard InChI is InChI=1S/C19H16FN3O4/c1-12(24)21-16-8-4-14(5-9-16)17(25)11-23-18(22-27-19(23)26)10-13-2-6-15(20)7-3-13/h2-9H,10-11H2,1H3,(H,21,24). The number of carbonyl (C=O) groups excluding carboxylic acids is 2. The molecule has 0 spiro atoms.